The molecule has 0 fully saturated rings. The van der Waals surface area contributed by atoms with Crippen molar-refractivity contribution >= 4 is 28.2 Å². The van der Waals surface area contributed by atoms with Crippen LogP contribution in [0, 0.1) is 0 Å². The topological polar surface area (TPSA) is 48.1 Å². The molecular weight excluding hydrogens is 298 g/mol. The minimum Gasteiger partial charge on any atom is -0.374 e. The van der Waals surface area contributed by atoms with Gasteiger partial charge in [-0.2, -0.15) is 0 Å². The van der Waals surface area contributed by atoms with Gasteiger partial charge in [-0.3, -0.25) is 4.79 Å². The third kappa shape index (κ3) is 2.87. The second-order valence-corrected chi connectivity index (χ2v) is 6.49. The molecule has 122 valence electrons. The lowest BCUT2D eigenvalue weighted by atomic mass is 10.0. The molecule has 0 aliphatic carbocycles. The van der Waals surface area contributed by atoms with Crippen LogP contribution in [0.2, 0.25) is 0 Å². The molecule has 0 spiro atoms. The molecule has 0 radical (unpaired) electrons. The zero-order valence-electron chi connectivity index (χ0n) is 13.8. The Hall–Kier alpha value is -2.75. The highest BCUT2D eigenvalue weighted by atomic mass is 16.1. The highest BCUT2D eigenvalue weighted by Gasteiger charge is 2.14. The second-order valence-electron chi connectivity index (χ2n) is 6.49. The predicted molar refractivity (Wildman–Crippen MR) is 98.7 cm³/mol. The van der Waals surface area contributed by atoms with Gasteiger partial charge in [-0.1, -0.05) is 12.1 Å². The van der Waals surface area contributed by atoms with Gasteiger partial charge in [0.1, 0.15) is 0 Å². The summed E-state index contributed by atoms with van der Waals surface area (Å²) in [5.74, 6) is 0.0185. The van der Waals surface area contributed by atoms with E-state index in [0.29, 0.717) is 6.42 Å². The Balaban J connectivity index is 1.47. The van der Waals surface area contributed by atoms with Crippen molar-refractivity contribution in [3.63, 3.8) is 0 Å². The summed E-state index contributed by atoms with van der Waals surface area (Å²) in [4.78, 5) is 17.8. The van der Waals surface area contributed by atoms with Gasteiger partial charge in [0.15, 0.2) is 0 Å². The fraction of sp³-hybridized carbons (Fsp3) is 0.250. The molecule has 2 heterocycles. The number of H-pyrrole nitrogens is 1. The second kappa shape index (κ2) is 6.04. The van der Waals surface area contributed by atoms with Crippen molar-refractivity contribution < 1.29 is 4.79 Å². The van der Waals surface area contributed by atoms with Crippen LogP contribution in [-0.4, -0.2) is 24.5 Å². The van der Waals surface area contributed by atoms with Gasteiger partial charge in [-0.05, 0) is 59.7 Å². The van der Waals surface area contributed by atoms with Gasteiger partial charge in [0, 0.05) is 36.7 Å². The van der Waals surface area contributed by atoms with E-state index in [1.807, 2.05) is 36.5 Å². The lowest BCUT2D eigenvalue weighted by Gasteiger charge is -2.27. The van der Waals surface area contributed by atoms with Crippen molar-refractivity contribution in [2.45, 2.75) is 19.3 Å². The van der Waals surface area contributed by atoms with Gasteiger partial charge in [0.25, 0.3) is 0 Å². The summed E-state index contributed by atoms with van der Waals surface area (Å²) < 4.78 is 0. The molecule has 24 heavy (non-hydrogen) atoms. The quantitative estimate of drug-likeness (QED) is 0.773. The average Bonchev–Trinajstić information content (AvgIpc) is 3.02. The standard InChI is InChI=1S/C20H21N3O/c1-23-10-2-3-16-13-17(6-7-19(16)23)22-20(24)12-14-4-5-15-8-9-21-18(15)11-14/h4-9,11,13,21H,2-3,10,12H2,1H3,(H,22,24). The summed E-state index contributed by atoms with van der Waals surface area (Å²) in [6.45, 7) is 1.10. The number of amides is 1. The van der Waals surface area contributed by atoms with E-state index < -0.39 is 0 Å². The smallest absolute Gasteiger partial charge is 0.228 e. The Morgan fingerprint density at radius 3 is 3.04 bits per heavy atom. The molecule has 0 saturated carbocycles. The highest BCUT2D eigenvalue weighted by molar-refractivity contribution is 5.93. The Morgan fingerprint density at radius 1 is 1.21 bits per heavy atom. The van der Waals surface area contributed by atoms with E-state index in [1.165, 1.54) is 11.3 Å². The summed E-state index contributed by atoms with van der Waals surface area (Å²) in [6, 6.07) is 14.3. The molecule has 1 amide bonds. The largest absolute Gasteiger partial charge is 0.374 e. The van der Waals surface area contributed by atoms with Crippen LogP contribution in [0.1, 0.15) is 17.5 Å². The zero-order valence-corrected chi connectivity index (χ0v) is 13.8. The molecule has 2 N–H and O–H groups in total. The Labute approximate surface area is 141 Å². The first-order chi connectivity index (χ1) is 11.7. The molecule has 1 aromatic heterocycles. The number of hydrogen-bond donors (Lipinski definition) is 2. The van der Waals surface area contributed by atoms with E-state index in [2.05, 4.69) is 34.4 Å². The molecular formula is C20H21N3O. The van der Waals surface area contributed by atoms with E-state index in [-0.39, 0.29) is 5.91 Å². The number of rotatable bonds is 3. The number of nitrogens with one attached hydrogen (secondary N) is 2. The zero-order chi connectivity index (χ0) is 16.5. The lowest BCUT2D eigenvalue weighted by Crippen LogP contribution is -2.24. The van der Waals surface area contributed by atoms with Crippen LogP contribution in [0.25, 0.3) is 10.9 Å². The van der Waals surface area contributed by atoms with Gasteiger partial charge >= 0.3 is 0 Å². The van der Waals surface area contributed by atoms with Crippen molar-refractivity contribution in [2.75, 3.05) is 23.8 Å². The Kier molecular flexibility index (Phi) is 3.73. The van der Waals surface area contributed by atoms with Gasteiger partial charge in [-0.25, -0.2) is 0 Å². The number of carbonyl (C=O) groups is 1. The molecule has 0 unspecified atom stereocenters. The van der Waals surface area contributed by atoms with Crippen molar-refractivity contribution in [2.24, 2.45) is 0 Å². The van der Waals surface area contributed by atoms with E-state index >= 15 is 0 Å². The number of nitrogens with zero attached hydrogens (tertiary/aromatic N) is 1. The third-order valence-electron chi connectivity index (χ3n) is 4.70. The first-order valence-corrected chi connectivity index (χ1v) is 8.39. The number of aromatic amines is 1. The summed E-state index contributed by atoms with van der Waals surface area (Å²) in [6.07, 6.45) is 4.54. The molecule has 3 aromatic rings. The van der Waals surface area contributed by atoms with Crippen LogP contribution in [0.4, 0.5) is 11.4 Å². The van der Waals surface area contributed by atoms with Crippen molar-refractivity contribution in [1.29, 1.82) is 0 Å². The van der Waals surface area contributed by atoms with Crippen LogP contribution in [0.5, 0.6) is 0 Å². The summed E-state index contributed by atoms with van der Waals surface area (Å²) in [7, 11) is 2.12. The van der Waals surface area contributed by atoms with E-state index in [1.54, 1.807) is 0 Å². The molecule has 0 atom stereocenters. The Bertz CT molecular complexity index is 897. The number of fused-ring (bicyclic) bond motifs is 2. The third-order valence-corrected chi connectivity index (χ3v) is 4.70. The molecule has 2 aromatic carbocycles. The Morgan fingerprint density at radius 2 is 2.12 bits per heavy atom. The minimum absolute atomic E-state index is 0.0185. The average molecular weight is 319 g/mol. The molecule has 4 heteroatoms. The van der Waals surface area contributed by atoms with Crippen LogP contribution in [0.3, 0.4) is 0 Å². The monoisotopic (exact) mass is 319 g/mol. The maximum atomic E-state index is 12.4. The maximum absolute atomic E-state index is 12.4. The fourth-order valence-corrected chi connectivity index (χ4v) is 3.46. The van der Waals surface area contributed by atoms with E-state index in [4.69, 9.17) is 0 Å². The molecule has 1 aliphatic heterocycles. The first kappa shape index (κ1) is 14.8. The summed E-state index contributed by atoms with van der Waals surface area (Å²) in [5, 5.41) is 4.19. The number of aromatic nitrogens is 1. The molecule has 1 aliphatic rings. The van der Waals surface area contributed by atoms with E-state index in [9.17, 15) is 4.79 Å². The maximum Gasteiger partial charge on any atom is 0.228 e. The molecule has 0 saturated heterocycles. The van der Waals surface area contributed by atoms with Crippen LogP contribution < -0.4 is 10.2 Å². The highest BCUT2D eigenvalue weighted by Crippen LogP contribution is 2.28. The number of benzene rings is 2. The van der Waals surface area contributed by atoms with Crippen LogP contribution in [0.15, 0.2) is 48.7 Å². The summed E-state index contributed by atoms with van der Waals surface area (Å²) >= 11 is 0. The predicted octanol–water partition coefficient (Wildman–Crippen LogP) is 3.73. The first-order valence-electron chi connectivity index (χ1n) is 8.39. The number of aryl methyl sites for hydroxylation is 1. The number of anilines is 2. The lowest BCUT2D eigenvalue weighted by molar-refractivity contribution is -0.115. The van der Waals surface area contributed by atoms with Crippen molar-refractivity contribution in [1.82, 2.24) is 4.98 Å². The molecule has 4 nitrogen and oxygen atoms in total. The van der Waals surface area contributed by atoms with Crippen LogP contribution in [-0.2, 0) is 17.6 Å². The van der Waals surface area contributed by atoms with Gasteiger partial charge in [0.05, 0.1) is 6.42 Å². The number of carbonyl (C=O) groups excluding carboxylic acids is 1. The number of hydrogen-bond acceptors (Lipinski definition) is 2. The van der Waals surface area contributed by atoms with Crippen molar-refractivity contribution in [3.8, 4) is 0 Å². The van der Waals surface area contributed by atoms with Crippen molar-refractivity contribution in [3.05, 3.63) is 59.8 Å². The van der Waals surface area contributed by atoms with Gasteiger partial charge in [0.2, 0.25) is 5.91 Å². The molecule has 4 rings (SSSR count). The molecule has 0 bridgehead atoms. The summed E-state index contributed by atoms with van der Waals surface area (Å²) in [5.41, 5.74) is 5.55. The van der Waals surface area contributed by atoms with Crippen LogP contribution >= 0.6 is 0 Å². The van der Waals surface area contributed by atoms with E-state index in [0.717, 1.165) is 41.5 Å². The van der Waals surface area contributed by atoms with Gasteiger partial charge < -0.3 is 15.2 Å². The minimum atomic E-state index is 0.0185. The SMILES string of the molecule is CN1CCCc2cc(NC(=O)Cc3ccc4cc[nH]c4c3)ccc21. The van der Waals surface area contributed by atoms with Gasteiger partial charge in [-0.15, -0.1) is 0 Å². The fourth-order valence-electron chi connectivity index (χ4n) is 3.46. The normalized spacial score (nSPS) is 13.8.